The number of methoxy groups -OCH3 is 1. The number of carbonyl (C=O) groups is 2. The van der Waals surface area contributed by atoms with E-state index in [-0.39, 0.29) is 17.7 Å². The highest BCUT2D eigenvalue weighted by atomic mass is 16.5. The molecule has 154 valence electrons. The van der Waals surface area contributed by atoms with Gasteiger partial charge < -0.3 is 19.9 Å². The van der Waals surface area contributed by atoms with E-state index >= 15 is 0 Å². The quantitative estimate of drug-likeness (QED) is 0.695. The number of hydrogen-bond acceptors (Lipinski definition) is 4. The summed E-state index contributed by atoms with van der Waals surface area (Å²) in [7, 11) is 1.63. The lowest BCUT2D eigenvalue weighted by molar-refractivity contribution is -0.129. The third-order valence-electron chi connectivity index (χ3n) is 5.81. The average Bonchev–Trinajstić information content (AvgIpc) is 3.06. The van der Waals surface area contributed by atoms with Gasteiger partial charge in [0.05, 0.1) is 13.0 Å². The van der Waals surface area contributed by atoms with Crippen LogP contribution in [0.5, 0.6) is 5.75 Å². The lowest BCUT2D eigenvalue weighted by Gasteiger charge is -2.30. The van der Waals surface area contributed by atoms with Crippen molar-refractivity contribution in [1.82, 2.24) is 15.1 Å². The first-order valence-electron chi connectivity index (χ1n) is 10.5. The summed E-state index contributed by atoms with van der Waals surface area (Å²) < 4.78 is 5.16. The predicted molar refractivity (Wildman–Crippen MR) is 109 cm³/mol. The Morgan fingerprint density at radius 2 is 2.04 bits per heavy atom. The zero-order valence-electron chi connectivity index (χ0n) is 17.2. The van der Waals surface area contributed by atoms with E-state index < -0.39 is 0 Å². The van der Waals surface area contributed by atoms with Gasteiger partial charge in [-0.15, -0.1) is 0 Å². The van der Waals surface area contributed by atoms with Crippen molar-refractivity contribution >= 4 is 11.8 Å². The van der Waals surface area contributed by atoms with Crippen LogP contribution in [0.15, 0.2) is 24.3 Å². The summed E-state index contributed by atoms with van der Waals surface area (Å²) in [5, 5.41) is 3.03. The molecule has 1 aromatic carbocycles. The van der Waals surface area contributed by atoms with Gasteiger partial charge in [0.2, 0.25) is 11.8 Å². The van der Waals surface area contributed by atoms with E-state index in [0.717, 1.165) is 30.2 Å². The van der Waals surface area contributed by atoms with Gasteiger partial charge in [-0.1, -0.05) is 19.1 Å². The number of amides is 2. The van der Waals surface area contributed by atoms with Crippen molar-refractivity contribution in [2.75, 3.05) is 39.8 Å². The molecule has 1 aromatic rings. The molecule has 2 fully saturated rings. The molecule has 0 radical (unpaired) electrons. The number of ether oxygens (including phenoxy) is 1. The van der Waals surface area contributed by atoms with Crippen LogP contribution in [0.25, 0.3) is 0 Å². The molecule has 2 amide bonds. The molecule has 0 spiro atoms. The summed E-state index contributed by atoms with van der Waals surface area (Å²) in [5.74, 6) is 1.41. The van der Waals surface area contributed by atoms with Crippen LogP contribution >= 0.6 is 0 Å². The second-order valence-corrected chi connectivity index (χ2v) is 8.22. The topological polar surface area (TPSA) is 61.9 Å². The average molecular weight is 388 g/mol. The minimum atomic E-state index is -0.235. The Morgan fingerprint density at radius 1 is 1.25 bits per heavy atom. The van der Waals surface area contributed by atoms with E-state index in [1.54, 1.807) is 12.0 Å². The molecule has 28 heavy (non-hydrogen) atoms. The SMILES string of the molecule is COc1ccc(CN2C[C@H](C(=O)NCCCN3CCC[C@H](C)C3)CC2=O)cc1. The van der Waals surface area contributed by atoms with E-state index in [4.69, 9.17) is 4.74 Å². The normalized spacial score (nSPS) is 23.1. The first kappa shape index (κ1) is 20.6. The van der Waals surface area contributed by atoms with Crippen molar-refractivity contribution in [2.45, 2.75) is 39.2 Å². The molecule has 3 rings (SSSR count). The Labute approximate surface area is 168 Å². The number of hydrogen-bond donors (Lipinski definition) is 1. The third-order valence-corrected chi connectivity index (χ3v) is 5.81. The van der Waals surface area contributed by atoms with Crippen LogP contribution in [0.4, 0.5) is 0 Å². The van der Waals surface area contributed by atoms with Gasteiger partial charge in [0.1, 0.15) is 5.75 Å². The molecule has 0 aliphatic carbocycles. The molecule has 0 unspecified atom stereocenters. The molecule has 2 aliphatic rings. The number of piperidine rings is 1. The summed E-state index contributed by atoms with van der Waals surface area (Å²) in [5.41, 5.74) is 1.05. The molecule has 0 bridgehead atoms. The number of carbonyl (C=O) groups excluding carboxylic acids is 2. The first-order valence-corrected chi connectivity index (χ1v) is 10.5. The van der Waals surface area contributed by atoms with Crippen LogP contribution in [0.3, 0.4) is 0 Å². The van der Waals surface area contributed by atoms with Crippen molar-refractivity contribution in [3.63, 3.8) is 0 Å². The molecular weight excluding hydrogens is 354 g/mol. The molecule has 0 aromatic heterocycles. The van der Waals surface area contributed by atoms with E-state index in [1.807, 2.05) is 24.3 Å². The largest absolute Gasteiger partial charge is 0.497 e. The first-order chi connectivity index (χ1) is 13.5. The van der Waals surface area contributed by atoms with Crippen LogP contribution in [0, 0.1) is 11.8 Å². The summed E-state index contributed by atoms with van der Waals surface area (Å²) in [6.45, 7) is 7.43. The number of benzene rings is 1. The fourth-order valence-electron chi connectivity index (χ4n) is 4.20. The Balaban J connectivity index is 1.38. The van der Waals surface area contributed by atoms with E-state index in [1.165, 1.54) is 25.9 Å². The van der Waals surface area contributed by atoms with Gasteiger partial charge in [0, 0.05) is 32.6 Å². The second-order valence-electron chi connectivity index (χ2n) is 8.22. The molecule has 0 saturated carbocycles. The Bertz CT molecular complexity index is 661. The summed E-state index contributed by atoms with van der Waals surface area (Å²) >= 11 is 0. The van der Waals surface area contributed by atoms with Gasteiger partial charge in [-0.05, 0) is 56.0 Å². The molecule has 2 saturated heterocycles. The van der Waals surface area contributed by atoms with Crippen molar-refractivity contribution in [3.05, 3.63) is 29.8 Å². The minimum Gasteiger partial charge on any atom is -0.497 e. The van der Waals surface area contributed by atoms with Crippen LogP contribution in [-0.4, -0.2) is 61.4 Å². The maximum absolute atomic E-state index is 12.5. The van der Waals surface area contributed by atoms with Crippen molar-refractivity contribution < 1.29 is 14.3 Å². The molecule has 2 atom stereocenters. The van der Waals surface area contributed by atoms with E-state index in [0.29, 0.717) is 26.1 Å². The number of nitrogens with zero attached hydrogens (tertiary/aromatic N) is 2. The van der Waals surface area contributed by atoms with Crippen LogP contribution in [0.1, 0.15) is 38.2 Å². The summed E-state index contributed by atoms with van der Waals surface area (Å²) in [6, 6.07) is 7.70. The highest BCUT2D eigenvalue weighted by Gasteiger charge is 2.34. The maximum Gasteiger partial charge on any atom is 0.225 e. The van der Waals surface area contributed by atoms with Crippen molar-refractivity contribution in [3.8, 4) is 5.75 Å². The monoisotopic (exact) mass is 387 g/mol. The van der Waals surface area contributed by atoms with Gasteiger partial charge in [-0.3, -0.25) is 9.59 Å². The smallest absolute Gasteiger partial charge is 0.225 e. The standard InChI is InChI=1S/C22H33N3O3/c1-17-5-3-11-24(14-17)12-4-10-23-22(27)19-13-21(26)25(16-19)15-18-6-8-20(28-2)9-7-18/h6-9,17,19H,3-5,10-16H2,1-2H3,(H,23,27)/t17-,19+/m0/s1. The zero-order valence-corrected chi connectivity index (χ0v) is 17.2. The van der Waals surface area contributed by atoms with Gasteiger partial charge in [-0.2, -0.15) is 0 Å². The number of nitrogens with one attached hydrogen (secondary N) is 1. The zero-order chi connectivity index (χ0) is 19.9. The Hall–Kier alpha value is -2.08. The van der Waals surface area contributed by atoms with Gasteiger partial charge in [0.15, 0.2) is 0 Å². The Kier molecular flexibility index (Phi) is 7.31. The molecule has 6 nitrogen and oxygen atoms in total. The van der Waals surface area contributed by atoms with Crippen molar-refractivity contribution in [1.29, 1.82) is 0 Å². The Morgan fingerprint density at radius 3 is 2.75 bits per heavy atom. The number of rotatable bonds is 8. The van der Waals surface area contributed by atoms with Crippen LogP contribution in [0.2, 0.25) is 0 Å². The van der Waals surface area contributed by atoms with Crippen molar-refractivity contribution in [2.24, 2.45) is 11.8 Å². The maximum atomic E-state index is 12.5. The molecule has 1 N–H and O–H groups in total. The molecule has 2 aliphatic heterocycles. The lowest BCUT2D eigenvalue weighted by Crippen LogP contribution is -2.38. The minimum absolute atomic E-state index is 0.0117. The predicted octanol–water partition coefficient (Wildman–Crippen LogP) is 2.28. The number of likely N-dealkylation sites (tertiary alicyclic amines) is 2. The van der Waals surface area contributed by atoms with E-state index in [9.17, 15) is 9.59 Å². The highest BCUT2D eigenvalue weighted by molar-refractivity contribution is 5.89. The third kappa shape index (κ3) is 5.71. The summed E-state index contributed by atoms with van der Waals surface area (Å²) in [6.07, 6.45) is 3.89. The fraction of sp³-hybridized carbons (Fsp3) is 0.636. The van der Waals surface area contributed by atoms with Gasteiger partial charge in [-0.25, -0.2) is 0 Å². The highest BCUT2D eigenvalue weighted by Crippen LogP contribution is 2.21. The van der Waals surface area contributed by atoms with E-state index in [2.05, 4.69) is 17.1 Å². The lowest BCUT2D eigenvalue weighted by atomic mass is 10.0. The van der Waals surface area contributed by atoms with Crippen LogP contribution in [-0.2, 0) is 16.1 Å². The molecule has 2 heterocycles. The fourth-order valence-corrected chi connectivity index (χ4v) is 4.20. The van der Waals surface area contributed by atoms with Crippen LogP contribution < -0.4 is 10.1 Å². The molecular formula is C22H33N3O3. The van der Waals surface area contributed by atoms with Gasteiger partial charge in [0.25, 0.3) is 0 Å². The van der Waals surface area contributed by atoms with Gasteiger partial charge >= 0.3 is 0 Å². The second kappa shape index (κ2) is 9.92. The summed E-state index contributed by atoms with van der Waals surface area (Å²) in [4.78, 5) is 29.0. The molecule has 6 heteroatoms.